The molecule has 2 N–H and O–H groups in total. The van der Waals surface area contributed by atoms with Gasteiger partial charge in [0.1, 0.15) is 12.4 Å². The van der Waals surface area contributed by atoms with Crippen LogP contribution in [0.15, 0.2) is 95.4 Å². The quantitative estimate of drug-likeness (QED) is 0.124. The number of carbonyl (C=O) groups is 1. The van der Waals surface area contributed by atoms with Gasteiger partial charge in [-0.25, -0.2) is 10.4 Å². The van der Waals surface area contributed by atoms with Crippen LogP contribution in [0.4, 0.5) is 10.8 Å². The minimum absolute atomic E-state index is 0.217. The lowest BCUT2D eigenvalue weighted by molar-refractivity contribution is 0.0955. The van der Waals surface area contributed by atoms with E-state index in [4.69, 9.17) is 51.1 Å². The highest BCUT2D eigenvalue weighted by Gasteiger charge is 2.10. The Hall–Kier alpha value is -3.59. The van der Waals surface area contributed by atoms with Crippen molar-refractivity contribution in [1.82, 2.24) is 10.4 Å². The molecule has 5 aromatic rings. The number of ether oxygens (including phenoxy) is 1. The van der Waals surface area contributed by atoms with Crippen LogP contribution in [0.3, 0.4) is 0 Å². The van der Waals surface area contributed by atoms with Gasteiger partial charge in [0.2, 0.25) is 0 Å². The van der Waals surface area contributed by atoms with E-state index < -0.39 is 0 Å². The van der Waals surface area contributed by atoms with E-state index in [1.165, 1.54) is 17.6 Å². The topological polar surface area (TPSA) is 75.6 Å². The van der Waals surface area contributed by atoms with Crippen molar-refractivity contribution in [2.45, 2.75) is 6.61 Å². The fourth-order valence-corrected chi connectivity index (χ4v) is 5.19. The predicted octanol–water partition coefficient (Wildman–Crippen LogP) is 9.51. The third-order valence-electron chi connectivity index (χ3n) is 5.78. The Morgan fingerprint density at radius 2 is 1.59 bits per heavy atom. The third-order valence-corrected chi connectivity index (χ3v) is 7.61. The number of benzene rings is 4. The maximum atomic E-state index is 12.7. The second-order valence-electron chi connectivity index (χ2n) is 8.65. The molecule has 1 aromatic heterocycles. The van der Waals surface area contributed by atoms with E-state index in [9.17, 15) is 4.79 Å². The van der Waals surface area contributed by atoms with Crippen molar-refractivity contribution in [1.29, 1.82) is 0 Å². The largest absolute Gasteiger partial charge is 0.488 e. The molecule has 1 amide bonds. The second kappa shape index (κ2) is 13.4. The number of anilines is 2. The van der Waals surface area contributed by atoms with Gasteiger partial charge in [0.05, 0.1) is 11.9 Å². The molecular weight excluding hydrogens is 622 g/mol. The Balaban J connectivity index is 1.20. The van der Waals surface area contributed by atoms with Gasteiger partial charge < -0.3 is 10.1 Å². The molecule has 0 spiro atoms. The first-order chi connectivity index (χ1) is 19.8. The predicted molar refractivity (Wildman–Crippen MR) is 170 cm³/mol. The van der Waals surface area contributed by atoms with Gasteiger partial charge in [-0.1, -0.05) is 64.6 Å². The third kappa shape index (κ3) is 7.79. The molecule has 0 aliphatic rings. The average molecular weight is 642 g/mol. The average Bonchev–Trinajstić information content (AvgIpc) is 3.43. The first-order valence-corrected chi connectivity index (χ1v) is 14.5. The number of nitrogens with one attached hydrogen (secondary N) is 2. The normalized spacial score (nSPS) is 11.0. The van der Waals surface area contributed by atoms with E-state index in [0.717, 1.165) is 27.6 Å². The van der Waals surface area contributed by atoms with Crippen LogP contribution in [0.25, 0.3) is 11.3 Å². The summed E-state index contributed by atoms with van der Waals surface area (Å²) in [7, 11) is 0. The van der Waals surface area contributed by atoms with Crippen LogP contribution in [0.5, 0.6) is 5.75 Å². The first kappa shape index (κ1) is 28.9. The van der Waals surface area contributed by atoms with Gasteiger partial charge in [-0.15, -0.1) is 11.3 Å². The van der Waals surface area contributed by atoms with E-state index in [1.54, 1.807) is 48.5 Å². The molecular formula is C30H20Cl4N4O2S. The van der Waals surface area contributed by atoms with E-state index >= 15 is 0 Å². The molecule has 0 unspecified atom stereocenters. The molecule has 0 bridgehead atoms. The van der Waals surface area contributed by atoms with Gasteiger partial charge in [-0.3, -0.25) is 4.79 Å². The number of hydrazone groups is 1. The van der Waals surface area contributed by atoms with Gasteiger partial charge in [0.25, 0.3) is 5.91 Å². The number of amides is 1. The van der Waals surface area contributed by atoms with Gasteiger partial charge in [-0.2, -0.15) is 5.10 Å². The summed E-state index contributed by atoms with van der Waals surface area (Å²) in [6.45, 7) is 0.217. The van der Waals surface area contributed by atoms with Crippen molar-refractivity contribution in [3.63, 3.8) is 0 Å². The molecule has 6 nitrogen and oxygen atoms in total. The van der Waals surface area contributed by atoms with Crippen LogP contribution in [0, 0.1) is 0 Å². The zero-order chi connectivity index (χ0) is 28.8. The number of halogens is 4. The molecule has 0 saturated carbocycles. The van der Waals surface area contributed by atoms with Crippen LogP contribution >= 0.6 is 57.7 Å². The van der Waals surface area contributed by atoms with E-state index in [1.807, 2.05) is 41.8 Å². The minimum Gasteiger partial charge on any atom is -0.488 e. The first-order valence-electron chi connectivity index (χ1n) is 12.1. The fourth-order valence-electron chi connectivity index (χ4n) is 3.68. The van der Waals surface area contributed by atoms with E-state index in [0.29, 0.717) is 37.0 Å². The minimum atomic E-state index is -0.367. The Morgan fingerprint density at radius 1 is 0.878 bits per heavy atom. The summed E-state index contributed by atoms with van der Waals surface area (Å²) in [5, 5.41) is 12.3. The molecule has 5 rings (SSSR count). The molecule has 0 aliphatic heterocycles. The number of rotatable bonds is 9. The molecule has 0 radical (unpaired) electrons. The van der Waals surface area contributed by atoms with Crippen LogP contribution in [-0.4, -0.2) is 17.1 Å². The van der Waals surface area contributed by atoms with Crippen LogP contribution < -0.4 is 15.5 Å². The van der Waals surface area contributed by atoms with Crippen molar-refractivity contribution in [2.24, 2.45) is 5.10 Å². The summed E-state index contributed by atoms with van der Waals surface area (Å²) in [6, 6.07) is 24.8. The molecule has 0 aliphatic carbocycles. The molecule has 0 fully saturated rings. The number of aromatic nitrogens is 1. The number of carbonyl (C=O) groups excluding carboxylic acids is 1. The van der Waals surface area contributed by atoms with Gasteiger partial charge in [0.15, 0.2) is 5.13 Å². The van der Waals surface area contributed by atoms with Gasteiger partial charge >= 0.3 is 0 Å². The number of thiazole rings is 1. The number of hydrogen-bond acceptors (Lipinski definition) is 6. The smallest absolute Gasteiger partial charge is 0.271 e. The van der Waals surface area contributed by atoms with E-state index in [-0.39, 0.29) is 12.5 Å². The Morgan fingerprint density at radius 3 is 2.34 bits per heavy atom. The van der Waals surface area contributed by atoms with Crippen molar-refractivity contribution in [3.8, 4) is 17.0 Å². The summed E-state index contributed by atoms with van der Waals surface area (Å²) >= 11 is 25.8. The van der Waals surface area contributed by atoms with Crippen LogP contribution in [-0.2, 0) is 6.61 Å². The summed E-state index contributed by atoms with van der Waals surface area (Å²) in [5.74, 6) is 0.157. The highest BCUT2D eigenvalue weighted by Crippen LogP contribution is 2.28. The molecule has 1 heterocycles. The summed E-state index contributed by atoms with van der Waals surface area (Å²) in [4.78, 5) is 17.3. The molecule has 41 heavy (non-hydrogen) atoms. The van der Waals surface area contributed by atoms with E-state index in [2.05, 4.69) is 20.8 Å². The molecule has 4 aromatic carbocycles. The molecule has 206 valence electrons. The number of hydrogen-bond donors (Lipinski definition) is 2. The highest BCUT2D eigenvalue weighted by atomic mass is 35.5. The highest BCUT2D eigenvalue weighted by molar-refractivity contribution is 7.14. The van der Waals surface area contributed by atoms with Crippen molar-refractivity contribution in [2.75, 3.05) is 5.32 Å². The summed E-state index contributed by atoms with van der Waals surface area (Å²) in [5.41, 5.74) is 6.92. The fraction of sp³-hybridized carbons (Fsp3) is 0.0333. The van der Waals surface area contributed by atoms with Gasteiger partial charge in [0, 0.05) is 53.4 Å². The Bertz CT molecular complexity index is 1710. The second-order valence-corrected chi connectivity index (χ2v) is 11.2. The lowest BCUT2D eigenvalue weighted by Crippen LogP contribution is -2.17. The lowest BCUT2D eigenvalue weighted by Gasteiger charge is -2.11. The van der Waals surface area contributed by atoms with Gasteiger partial charge in [-0.05, 0) is 66.7 Å². The van der Waals surface area contributed by atoms with Crippen molar-refractivity contribution >= 4 is 80.7 Å². The Kier molecular flexibility index (Phi) is 9.44. The van der Waals surface area contributed by atoms with Crippen LogP contribution in [0.1, 0.15) is 21.5 Å². The Labute approximate surface area is 260 Å². The monoisotopic (exact) mass is 640 g/mol. The van der Waals surface area contributed by atoms with Crippen LogP contribution in [0.2, 0.25) is 20.1 Å². The molecule has 11 heteroatoms. The van der Waals surface area contributed by atoms with Crippen molar-refractivity contribution < 1.29 is 9.53 Å². The number of nitrogens with zero attached hydrogens (tertiary/aromatic N) is 2. The summed E-state index contributed by atoms with van der Waals surface area (Å²) < 4.78 is 5.93. The molecule has 0 saturated heterocycles. The molecule has 0 atom stereocenters. The maximum absolute atomic E-state index is 12.7. The van der Waals surface area contributed by atoms with Crippen molar-refractivity contribution in [3.05, 3.63) is 127 Å². The summed E-state index contributed by atoms with van der Waals surface area (Å²) in [6.07, 6.45) is 1.47. The SMILES string of the molecule is O=C(N/N=C\c1cc(Cl)ccc1OCc1ccc(Cl)cc1Cl)c1ccc(-c2csc(Nc3ccc(Cl)cc3)n2)cc1. The lowest BCUT2D eigenvalue weighted by atomic mass is 10.1. The zero-order valence-corrected chi connectivity index (χ0v) is 24.9. The standard InChI is InChI=1S/C30H20Cl4N4O2S/c31-22-7-10-25(11-8-22)36-30-37-27(17-41-30)18-1-3-19(4-2-18)29(39)38-35-15-21-13-23(32)9-12-28(21)40-16-20-5-6-24(33)14-26(20)34/h1-15,17H,16H2,(H,36,37)(H,38,39)/b35-15-. The maximum Gasteiger partial charge on any atom is 0.271 e. The zero-order valence-electron chi connectivity index (χ0n) is 21.1.